The lowest BCUT2D eigenvalue weighted by Crippen LogP contribution is -2.29. The molecule has 1 aromatic rings. The number of nitrogens with zero attached hydrogens (tertiary/aromatic N) is 2. The number of aromatic nitrogens is 1. The molecule has 104 valence electrons. The Kier molecular flexibility index (Phi) is 4.47. The van der Waals surface area contributed by atoms with Crippen LogP contribution in [0.1, 0.15) is 24.2 Å². The Morgan fingerprint density at radius 2 is 1.89 bits per heavy atom. The van der Waals surface area contributed by atoms with Crippen molar-refractivity contribution < 1.29 is 9.59 Å². The number of anilines is 1. The minimum Gasteiger partial charge on any atom is -0.345 e. The number of nitrogens with one attached hydrogen (secondary N) is 1. The van der Waals surface area contributed by atoms with Crippen molar-refractivity contribution in [2.24, 2.45) is 13.0 Å². The summed E-state index contributed by atoms with van der Waals surface area (Å²) in [4.78, 5) is 36.8. The van der Waals surface area contributed by atoms with Crippen LogP contribution in [-0.4, -0.2) is 35.4 Å². The molecule has 0 spiro atoms. The molecule has 0 aliphatic rings. The molecule has 1 rings (SSSR count). The van der Waals surface area contributed by atoms with Gasteiger partial charge < -0.3 is 14.8 Å². The third-order valence-corrected chi connectivity index (χ3v) is 2.62. The minimum atomic E-state index is -0.343. The second-order valence-electron chi connectivity index (χ2n) is 4.90. The first-order valence-corrected chi connectivity index (χ1v) is 5.97. The Hall–Kier alpha value is -2.11. The highest BCUT2D eigenvalue weighted by Gasteiger charge is 2.15. The minimum absolute atomic E-state index is 0.119. The van der Waals surface area contributed by atoms with Crippen LogP contribution in [0.4, 0.5) is 5.69 Å². The summed E-state index contributed by atoms with van der Waals surface area (Å²) in [6.07, 6.45) is 1.45. The highest BCUT2D eigenvalue weighted by Crippen LogP contribution is 2.08. The summed E-state index contributed by atoms with van der Waals surface area (Å²) in [5.41, 5.74) is 0.129. The lowest BCUT2D eigenvalue weighted by atomic mass is 10.2. The molecule has 0 saturated heterocycles. The van der Waals surface area contributed by atoms with E-state index in [1.54, 1.807) is 35.0 Å². The van der Waals surface area contributed by atoms with Crippen LogP contribution in [-0.2, 0) is 11.8 Å². The maximum atomic E-state index is 11.9. The van der Waals surface area contributed by atoms with Gasteiger partial charge in [0.25, 0.3) is 11.5 Å². The van der Waals surface area contributed by atoms with E-state index in [1.165, 1.54) is 21.7 Å². The van der Waals surface area contributed by atoms with Crippen LogP contribution in [0, 0.1) is 5.92 Å². The molecule has 1 heterocycles. The summed E-state index contributed by atoms with van der Waals surface area (Å²) < 4.78 is 1.28. The molecule has 1 aromatic heterocycles. The van der Waals surface area contributed by atoms with Gasteiger partial charge in [0.1, 0.15) is 5.69 Å². The summed E-state index contributed by atoms with van der Waals surface area (Å²) in [5.74, 6) is -0.722. The van der Waals surface area contributed by atoms with Crippen molar-refractivity contribution >= 4 is 17.5 Å². The van der Waals surface area contributed by atoms with Crippen LogP contribution in [0.15, 0.2) is 17.1 Å². The van der Waals surface area contributed by atoms with E-state index in [-0.39, 0.29) is 29.0 Å². The normalized spacial score (nSPS) is 10.4. The smallest absolute Gasteiger partial charge is 0.274 e. The van der Waals surface area contributed by atoms with E-state index < -0.39 is 0 Å². The maximum absolute atomic E-state index is 11.9. The molecule has 0 atom stereocenters. The highest BCUT2D eigenvalue weighted by molar-refractivity contribution is 5.96. The van der Waals surface area contributed by atoms with E-state index in [4.69, 9.17) is 0 Å². The Bertz CT molecular complexity index is 559. The van der Waals surface area contributed by atoms with Crippen LogP contribution in [0.25, 0.3) is 0 Å². The monoisotopic (exact) mass is 265 g/mol. The largest absolute Gasteiger partial charge is 0.345 e. The summed E-state index contributed by atoms with van der Waals surface area (Å²) >= 11 is 0. The molecule has 0 bridgehead atoms. The predicted molar refractivity (Wildman–Crippen MR) is 73.2 cm³/mol. The highest BCUT2D eigenvalue weighted by atomic mass is 16.2. The second kappa shape index (κ2) is 5.69. The fraction of sp³-hybridized carbons (Fsp3) is 0.462. The number of rotatable bonds is 3. The zero-order valence-electron chi connectivity index (χ0n) is 11.9. The molecular formula is C13H19N3O3. The number of hydrogen-bond acceptors (Lipinski definition) is 3. The van der Waals surface area contributed by atoms with Crippen LogP contribution in [0.2, 0.25) is 0 Å². The Balaban J connectivity index is 3.21. The van der Waals surface area contributed by atoms with E-state index in [2.05, 4.69) is 5.32 Å². The first-order chi connectivity index (χ1) is 8.73. The summed E-state index contributed by atoms with van der Waals surface area (Å²) in [7, 11) is 4.79. The van der Waals surface area contributed by atoms with Crippen molar-refractivity contribution in [3.63, 3.8) is 0 Å². The molecule has 0 radical (unpaired) electrons. The van der Waals surface area contributed by atoms with Crippen molar-refractivity contribution in [3.8, 4) is 0 Å². The molecule has 0 aromatic carbocycles. The zero-order chi connectivity index (χ0) is 14.7. The van der Waals surface area contributed by atoms with Gasteiger partial charge in [0, 0.05) is 33.3 Å². The lowest BCUT2D eigenvalue weighted by molar-refractivity contribution is -0.118. The average molecular weight is 265 g/mol. The fourth-order valence-corrected chi connectivity index (χ4v) is 1.45. The number of amides is 2. The third kappa shape index (κ3) is 3.43. The number of hydrogen-bond donors (Lipinski definition) is 1. The van der Waals surface area contributed by atoms with E-state index in [9.17, 15) is 14.4 Å². The van der Waals surface area contributed by atoms with Crippen LogP contribution < -0.4 is 10.9 Å². The molecule has 0 aliphatic heterocycles. The molecular weight excluding hydrogens is 246 g/mol. The molecule has 0 unspecified atom stereocenters. The fourth-order valence-electron chi connectivity index (χ4n) is 1.45. The average Bonchev–Trinajstić information content (AvgIpc) is 2.33. The van der Waals surface area contributed by atoms with Gasteiger partial charge in [-0.2, -0.15) is 0 Å². The summed E-state index contributed by atoms with van der Waals surface area (Å²) in [5, 5.41) is 2.54. The standard InChI is InChI=1S/C13H19N3O3/c1-8(2)11(17)14-10-6-9(12(18)15(3)4)7-16(5)13(10)19/h6-8H,1-5H3,(H,14,17). The van der Waals surface area contributed by atoms with Crippen molar-refractivity contribution in [2.45, 2.75) is 13.8 Å². The topological polar surface area (TPSA) is 71.4 Å². The zero-order valence-corrected chi connectivity index (χ0v) is 11.9. The Morgan fingerprint density at radius 1 is 1.32 bits per heavy atom. The molecule has 6 heteroatoms. The van der Waals surface area contributed by atoms with Gasteiger partial charge in [-0.3, -0.25) is 14.4 Å². The van der Waals surface area contributed by atoms with Crippen molar-refractivity contribution in [2.75, 3.05) is 19.4 Å². The van der Waals surface area contributed by atoms with Crippen molar-refractivity contribution in [3.05, 3.63) is 28.2 Å². The number of carbonyl (C=O) groups excluding carboxylic acids is 2. The summed E-state index contributed by atoms with van der Waals surface area (Å²) in [6, 6.07) is 1.41. The molecule has 0 aliphatic carbocycles. The van der Waals surface area contributed by atoms with Gasteiger partial charge in [0.2, 0.25) is 5.91 Å². The van der Waals surface area contributed by atoms with Gasteiger partial charge in [-0.25, -0.2) is 0 Å². The first kappa shape index (κ1) is 14.9. The van der Waals surface area contributed by atoms with E-state index >= 15 is 0 Å². The molecule has 19 heavy (non-hydrogen) atoms. The van der Waals surface area contributed by atoms with Gasteiger partial charge >= 0.3 is 0 Å². The first-order valence-electron chi connectivity index (χ1n) is 5.97. The van der Waals surface area contributed by atoms with Gasteiger partial charge in [0.05, 0.1) is 5.56 Å². The van der Waals surface area contributed by atoms with Crippen LogP contribution >= 0.6 is 0 Å². The van der Waals surface area contributed by atoms with Gasteiger partial charge in [-0.15, -0.1) is 0 Å². The Labute approximate surface area is 112 Å². The summed E-state index contributed by atoms with van der Waals surface area (Å²) in [6.45, 7) is 3.46. The van der Waals surface area contributed by atoms with E-state index in [1.807, 2.05) is 0 Å². The van der Waals surface area contributed by atoms with Crippen molar-refractivity contribution in [1.82, 2.24) is 9.47 Å². The van der Waals surface area contributed by atoms with Crippen LogP contribution in [0.3, 0.4) is 0 Å². The Morgan fingerprint density at radius 3 is 2.37 bits per heavy atom. The number of aryl methyl sites for hydroxylation is 1. The SMILES string of the molecule is CC(C)C(=O)Nc1cc(C(=O)N(C)C)cn(C)c1=O. The quantitative estimate of drug-likeness (QED) is 0.873. The van der Waals surface area contributed by atoms with Gasteiger partial charge in [-0.05, 0) is 6.07 Å². The molecule has 1 N–H and O–H groups in total. The van der Waals surface area contributed by atoms with E-state index in [0.717, 1.165) is 0 Å². The van der Waals surface area contributed by atoms with Gasteiger partial charge in [0.15, 0.2) is 0 Å². The lowest BCUT2D eigenvalue weighted by Gasteiger charge is -2.13. The molecule has 6 nitrogen and oxygen atoms in total. The predicted octanol–water partition coefficient (Wildman–Crippen LogP) is 0.682. The number of carbonyl (C=O) groups is 2. The molecule has 0 fully saturated rings. The van der Waals surface area contributed by atoms with Crippen molar-refractivity contribution in [1.29, 1.82) is 0 Å². The van der Waals surface area contributed by atoms with Gasteiger partial charge in [-0.1, -0.05) is 13.8 Å². The van der Waals surface area contributed by atoms with Crippen LogP contribution in [0.5, 0.6) is 0 Å². The maximum Gasteiger partial charge on any atom is 0.274 e. The molecule has 0 saturated carbocycles. The van der Waals surface area contributed by atoms with E-state index in [0.29, 0.717) is 5.56 Å². The third-order valence-electron chi connectivity index (χ3n) is 2.62. The number of pyridine rings is 1. The second-order valence-corrected chi connectivity index (χ2v) is 4.90. The molecule has 2 amide bonds.